The monoisotopic (exact) mass is 382 g/mol. The Morgan fingerprint density at radius 3 is 2.65 bits per heavy atom. The fourth-order valence-electron chi connectivity index (χ4n) is 3.36. The largest absolute Gasteiger partial charge is 0.396 e. The molecular weight excluding hydrogens is 359 g/mol. The van der Waals surface area contributed by atoms with Crippen LogP contribution in [-0.4, -0.2) is 31.3 Å². The van der Waals surface area contributed by atoms with E-state index >= 15 is 0 Å². The molecule has 1 aromatic heterocycles. The van der Waals surface area contributed by atoms with Crippen LogP contribution < -0.4 is 4.72 Å². The highest BCUT2D eigenvalue weighted by Gasteiger charge is 2.49. The van der Waals surface area contributed by atoms with Crippen molar-refractivity contribution in [2.45, 2.75) is 44.0 Å². The van der Waals surface area contributed by atoms with Gasteiger partial charge in [-0.3, -0.25) is 0 Å². The molecular formula is C18H23FN2O4S. The van der Waals surface area contributed by atoms with Crippen molar-refractivity contribution in [3.63, 3.8) is 0 Å². The Bertz CT molecular complexity index is 862. The van der Waals surface area contributed by atoms with Crippen LogP contribution in [0, 0.1) is 17.2 Å². The molecule has 0 bridgehead atoms. The highest BCUT2D eigenvalue weighted by molar-refractivity contribution is 7.89. The van der Waals surface area contributed by atoms with Crippen LogP contribution in [0.3, 0.4) is 0 Å². The average Bonchev–Trinajstić information content (AvgIpc) is 3.02. The summed E-state index contributed by atoms with van der Waals surface area (Å²) in [6.45, 7) is 4.05. The van der Waals surface area contributed by atoms with Gasteiger partial charge in [0.05, 0.1) is 17.2 Å². The van der Waals surface area contributed by atoms with Gasteiger partial charge in [0.1, 0.15) is 11.6 Å². The number of rotatable bonds is 7. The predicted molar refractivity (Wildman–Crippen MR) is 93.4 cm³/mol. The Hall–Kier alpha value is -1.77. The Labute approximate surface area is 152 Å². The molecule has 1 aliphatic rings. The minimum atomic E-state index is -3.69. The fourth-order valence-corrected chi connectivity index (χ4v) is 4.77. The van der Waals surface area contributed by atoms with Crippen LogP contribution in [0.5, 0.6) is 0 Å². The molecule has 3 rings (SSSR count). The topological polar surface area (TPSA) is 92.4 Å². The first-order chi connectivity index (χ1) is 12.2. The predicted octanol–water partition coefficient (Wildman–Crippen LogP) is 2.28. The number of aliphatic hydroxyl groups excluding tert-OH is 1. The maximum Gasteiger partial charge on any atom is 0.240 e. The van der Waals surface area contributed by atoms with E-state index in [1.807, 2.05) is 19.9 Å². The van der Waals surface area contributed by atoms with Gasteiger partial charge in [-0.1, -0.05) is 19.0 Å². The normalized spacial score (nSPS) is 22.2. The minimum absolute atomic E-state index is 0.0107. The molecule has 0 amide bonds. The van der Waals surface area contributed by atoms with E-state index < -0.39 is 15.8 Å². The van der Waals surface area contributed by atoms with E-state index in [0.717, 1.165) is 17.8 Å². The molecule has 0 radical (unpaired) electrons. The third-order valence-electron chi connectivity index (χ3n) is 5.31. The minimum Gasteiger partial charge on any atom is -0.396 e. The van der Waals surface area contributed by atoms with Gasteiger partial charge in [-0.05, 0) is 48.4 Å². The van der Waals surface area contributed by atoms with Gasteiger partial charge >= 0.3 is 0 Å². The van der Waals surface area contributed by atoms with E-state index in [2.05, 4.69) is 9.88 Å². The number of hydrogen-bond donors (Lipinski definition) is 2. The molecule has 2 aromatic rings. The van der Waals surface area contributed by atoms with Crippen LogP contribution in [0.4, 0.5) is 4.39 Å². The van der Waals surface area contributed by atoms with Crippen LogP contribution in [0.2, 0.25) is 0 Å². The number of halogens is 1. The number of aliphatic hydroxyl groups is 1. The number of nitrogens with zero attached hydrogens (tertiary/aromatic N) is 1. The molecule has 2 atom stereocenters. The van der Waals surface area contributed by atoms with Crippen molar-refractivity contribution in [2.75, 3.05) is 6.61 Å². The molecule has 2 unspecified atom stereocenters. The lowest BCUT2D eigenvalue weighted by molar-refractivity contribution is 0.0270. The van der Waals surface area contributed by atoms with E-state index in [4.69, 9.17) is 9.63 Å². The lowest BCUT2D eigenvalue weighted by Crippen LogP contribution is -2.58. The van der Waals surface area contributed by atoms with Gasteiger partial charge in [-0.25, -0.2) is 17.5 Å². The number of hydrogen-bond acceptors (Lipinski definition) is 5. The Morgan fingerprint density at radius 1 is 1.35 bits per heavy atom. The fraction of sp³-hybridized carbons (Fsp3) is 0.500. The molecule has 0 aliphatic heterocycles. The molecule has 2 N–H and O–H groups in total. The molecule has 0 spiro atoms. The van der Waals surface area contributed by atoms with Gasteiger partial charge in [0.15, 0.2) is 0 Å². The van der Waals surface area contributed by atoms with Crippen LogP contribution in [0.1, 0.15) is 31.7 Å². The highest BCUT2D eigenvalue weighted by Crippen LogP contribution is 2.48. The summed E-state index contributed by atoms with van der Waals surface area (Å²) in [5.74, 6) is 0.435. The first kappa shape index (κ1) is 19.0. The van der Waals surface area contributed by atoms with Crippen molar-refractivity contribution in [3.8, 4) is 0 Å². The van der Waals surface area contributed by atoms with Crippen molar-refractivity contribution >= 4 is 10.0 Å². The third kappa shape index (κ3) is 3.82. The summed E-state index contributed by atoms with van der Waals surface area (Å²) in [6, 6.07) is 6.43. The Morgan fingerprint density at radius 2 is 2.04 bits per heavy atom. The molecule has 1 saturated carbocycles. The summed E-state index contributed by atoms with van der Waals surface area (Å²) in [5.41, 5.74) is 0.565. The van der Waals surface area contributed by atoms with Crippen LogP contribution >= 0.6 is 0 Å². The zero-order valence-corrected chi connectivity index (χ0v) is 15.6. The van der Waals surface area contributed by atoms with Gasteiger partial charge in [0.25, 0.3) is 0 Å². The molecule has 142 valence electrons. The number of aromatic nitrogens is 1. The maximum atomic E-state index is 13.0. The number of nitrogens with one attached hydrogen (secondary N) is 1. The van der Waals surface area contributed by atoms with E-state index in [0.29, 0.717) is 25.0 Å². The van der Waals surface area contributed by atoms with E-state index in [9.17, 15) is 12.8 Å². The summed E-state index contributed by atoms with van der Waals surface area (Å²) < 4.78 is 45.9. The molecule has 0 saturated heterocycles. The second-order valence-electron chi connectivity index (χ2n) is 7.34. The van der Waals surface area contributed by atoms with E-state index in [1.165, 1.54) is 12.1 Å². The quantitative estimate of drug-likeness (QED) is 0.766. The number of benzene rings is 1. The van der Waals surface area contributed by atoms with Crippen molar-refractivity contribution in [2.24, 2.45) is 11.3 Å². The van der Waals surface area contributed by atoms with Gasteiger partial charge < -0.3 is 9.63 Å². The summed E-state index contributed by atoms with van der Waals surface area (Å²) in [7, 11) is -3.69. The summed E-state index contributed by atoms with van der Waals surface area (Å²) in [5, 5.41) is 12.9. The molecule has 26 heavy (non-hydrogen) atoms. The zero-order chi connectivity index (χ0) is 18.9. The van der Waals surface area contributed by atoms with Gasteiger partial charge in [0.2, 0.25) is 10.0 Å². The second kappa shape index (κ2) is 7.09. The zero-order valence-electron chi connectivity index (χ0n) is 14.8. The standard InChI is InChI=1S/C18H23FN2O4S/c1-18(2)12(9-14-11-15(7-8-22)25-20-14)10-17(18)21-26(23,24)16-5-3-13(19)4-6-16/h3-6,11-12,17,21-22H,7-10H2,1-2H3. The average molecular weight is 382 g/mol. The highest BCUT2D eigenvalue weighted by atomic mass is 32.2. The van der Waals surface area contributed by atoms with Gasteiger partial charge in [-0.15, -0.1) is 0 Å². The van der Waals surface area contributed by atoms with E-state index in [-0.39, 0.29) is 28.9 Å². The molecule has 1 heterocycles. The third-order valence-corrected chi connectivity index (χ3v) is 6.80. The molecule has 6 nitrogen and oxygen atoms in total. The van der Waals surface area contributed by atoms with Crippen LogP contribution in [0.15, 0.2) is 39.8 Å². The Balaban J connectivity index is 1.63. The molecule has 8 heteroatoms. The van der Waals surface area contributed by atoms with Crippen LogP contribution in [0.25, 0.3) is 0 Å². The molecule has 1 fully saturated rings. The Kier molecular flexibility index (Phi) is 5.18. The second-order valence-corrected chi connectivity index (χ2v) is 9.06. The van der Waals surface area contributed by atoms with Crippen LogP contribution in [-0.2, 0) is 22.9 Å². The van der Waals surface area contributed by atoms with Gasteiger partial charge in [0, 0.05) is 18.5 Å². The lowest BCUT2D eigenvalue weighted by Gasteiger charge is -2.52. The summed E-state index contributed by atoms with van der Waals surface area (Å²) in [4.78, 5) is 0.0586. The van der Waals surface area contributed by atoms with Crippen molar-refractivity contribution in [3.05, 3.63) is 47.6 Å². The first-order valence-electron chi connectivity index (χ1n) is 8.55. The van der Waals surface area contributed by atoms with Crippen molar-refractivity contribution in [1.29, 1.82) is 0 Å². The molecule has 1 aromatic carbocycles. The first-order valence-corrected chi connectivity index (χ1v) is 10.0. The van der Waals surface area contributed by atoms with Crippen molar-refractivity contribution in [1.82, 2.24) is 9.88 Å². The van der Waals surface area contributed by atoms with Gasteiger partial charge in [-0.2, -0.15) is 0 Å². The summed E-state index contributed by atoms with van der Waals surface area (Å²) >= 11 is 0. The molecule has 1 aliphatic carbocycles. The van der Waals surface area contributed by atoms with Crippen molar-refractivity contribution < 1.29 is 22.4 Å². The SMILES string of the molecule is CC1(C)C(Cc2cc(CCO)on2)CC1NS(=O)(=O)c1ccc(F)cc1. The maximum absolute atomic E-state index is 13.0. The van der Waals surface area contributed by atoms with E-state index in [1.54, 1.807) is 0 Å². The smallest absolute Gasteiger partial charge is 0.240 e. The summed E-state index contributed by atoms with van der Waals surface area (Å²) in [6.07, 6.45) is 1.81. The number of sulfonamides is 1. The lowest BCUT2D eigenvalue weighted by atomic mass is 9.57.